The molecule has 3 rings (SSSR count). The van der Waals surface area contributed by atoms with Gasteiger partial charge in [-0.3, -0.25) is 9.52 Å². The third kappa shape index (κ3) is 6.38. The quantitative estimate of drug-likeness (QED) is 0.396. The van der Waals surface area contributed by atoms with Gasteiger partial charge in [-0.1, -0.05) is 6.92 Å². The van der Waals surface area contributed by atoms with Gasteiger partial charge in [0.1, 0.15) is 11.4 Å². The maximum absolute atomic E-state index is 14.3. The minimum atomic E-state index is -4.56. The standard InChI is InChI=1S/C23H21F5N2O4S/c1-4-13-7-15(9-16(8-13)23(26,27)28)19-5-6-20(34-19)22(31)29-12(2)14-10-17(24)21(18(25)11-14)30-35(3,32)33/h5-12,30H,4H2,1-3H3,(H,29,31). The smallest absolute Gasteiger partial charge is 0.416 e. The number of aryl methyl sites for hydroxylation is 1. The Labute approximate surface area is 198 Å². The van der Waals surface area contributed by atoms with E-state index < -0.39 is 51.0 Å². The first kappa shape index (κ1) is 26.2. The normalized spacial score (nSPS) is 12.9. The maximum Gasteiger partial charge on any atom is 0.416 e. The monoisotopic (exact) mass is 516 g/mol. The van der Waals surface area contributed by atoms with E-state index in [9.17, 15) is 35.2 Å². The Morgan fingerprint density at radius 1 is 1.06 bits per heavy atom. The van der Waals surface area contributed by atoms with Crippen molar-refractivity contribution in [2.75, 3.05) is 11.0 Å². The Kier molecular flexibility index (Phi) is 7.25. The molecular formula is C23H21F5N2O4S. The third-order valence-electron chi connectivity index (χ3n) is 5.04. The van der Waals surface area contributed by atoms with Gasteiger partial charge < -0.3 is 9.73 Å². The number of sulfonamides is 1. The molecule has 1 heterocycles. The van der Waals surface area contributed by atoms with Crippen LogP contribution in [0.4, 0.5) is 27.6 Å². The molecule has 12 heteroatoms. The van der Waals surface area contributed by atoms with Crippen LogP contribution in [-0.2, 0) is 22.6 Å². The van der Waals surface area contributed by atoms with Gasteiger partial charge in [0.2, 0.25) is 10.0 Å². The molecule has 2 aromatic carbocycles. The van der Waals surface area contributed by atoms with Gasteiger partial charge >= 0.3 is 6.18 Å². The highest BCUT2D eigenvalue weighted by Gasteiger charge is 2.31. The van der Waals surface area contributed by atoms with E-state index in [0.717, 1.165) is 30.5 Å². The Morgan fingerprint density at radius 2 is 1.69 bits per heavy atom. The number of hydrogen-bond acceptors (Lipinski definition) is 4. The zero-order valence-electron chi connectivity index (χ0n) is 18.8. The van der Waals surface area contributed by atoms with Crippen LogP contribution < -0.4 is 10.0 Å². The predicted octanol–water partition coefficient (Wildman–Crippen LogP) is 5.67. The molecule has 3 aromatic rings. The number of amides is 1. The van der Waals surface area contributed by atoms with Crippen molar-refractivity contribution in [2.45, 2.75) is 32.5 Å². The van der Waals surface area contributed by atoms with Crippen LogP contribution in [0.25, 0.3) is 11.3 Å². The van der Waals surface area contributed by atoms with Crippen molar-refractivity contribution in [1.29, 1.82) is 0 Å². The maximum atomic E-state index is 14.3. The molecule has 188 valence electrons. The lowest BCUT2D eigenvalue weighted by Crippen LogP contribution is -2.26. The van der Waals surface area contributed by atoms with Crippen LogP contribution in [0.1, 0.15) is 47.1 Å². The number of alkyl halides is 3. The highest BCUT2D eigenvalue weighted by molar-refractivity contribution is 7.92. The van der Waals surface area contributed by atoms with Gasteiger partial charge in [-0.2, -0.15) is 13.2 Å². The van der Waals surface area contributed by atoms with E-state index in [-0.39, 0.29) is 22.6 Å². The number of carbonyl (C=O) groups excluding carboxylic acids is 1. The minimum absolute atomic E-state index is 0.00430. The summed E-state index contributed by atoms with van der Waals surface area (Å²) in [5, 5.41) is 2.47. The molecular weight excluding hydrogens is 495 g/mol. The van der Waals surface area contributed by atoms with Crippen LogP contribution in [0.15, 0.2) is 46.9 Å². The predicted molar refractivity (Wildman–Crippen MR) is 119 cm³/mol. The second-order valence-electron chi connectivity index (χ2n) is 7.86. The van der Waals surface area contributed by atoms with Crippen molar-refractivity contribution in [3.8, 4) is 11.3 Å². The van der Waals surface area contributed by atoms with E-state index in [2.05, 4.69) is 5.32 Å². The third-order valence-corrected chi connectivity index (χ3v) is 5.62. The van der Waals surface area contributed by atoms with Gasteiger partial charge in [-0.25, -0.2) is 17.2 Å². The van der Waals surface area contributed by atoms with Crippen LogP contribution >= 0.6 is 0 Å². The number of nitrogens with one attached hydrogen (secondary N) is 2. The lowest BCUT2D eigenvalue weighted by molar-refractivity contribution is -0.137. The van der Waals surface area contributed by atoms with Crippen LogP contribution in [0.2, 0.25) is 0 Å². The van der Waals surface area contributed by atoms with Crippen LogP contribution in [0, 0.1) is 11.6 Å². The van der Waals surface area contributed by atoms with Crippen molar-refractivity contribution in [3.63, 3.8) is 0 Å². The first-order valence-corrected chi connectivity index (χ1v) is 12.2. The summed E-state index contributed by atoms with van der Waals surface area (Å²) in [6.07, 6.45) is -3.46. The Hall–Kier alpha value is -3.41. The molecule has 0 saturated carbocycles. The van der Waals surface area contributed by atoms with Crippen molar-refractivity contribution in [1.82, 2.24) is 5.32 Å². The second-order valence-corrected chi connectivity index (χ2v) is 9.61. The molecule has 0 spiro atoms. The van der Waals surface area contributed by atoms with E-state index in [1.807, 2.05) is 0 Å². The van der Waals surface area contributed by atoms with Gasteiger partial charge in [0.25, 0.3) is 5.91 Å². The molecule has 1 atom stereocenters. The van der Waals surface area contributed by atoms with Crippen LogP contribution in [-0.4, -0.2) is 20.6 Å². The summed E-state index contributed by atoms with van der Waals surface area (Å²) < 4.78 is 97.9. The number of carbonyl (C=O) groups is 1. The summed E-state index contributed by atoms with van der Waals surface area (Å²) in [5.41, 5.74) is -1.12. The fourth-order valence-electron chi connectivity index (χ4n) is 3.29. The molecule has 0 radical (unpaired) electrons. The Morgan fingerprint density at radius 3 is 2.23 bits per heavy atom. The summed E-state index contributed by atoms with van der Waals surface area (Å²) in [6.45, 7) is 3.14. The fourth-order valence-corrected chi connectivity index (χ4v) is 3.86. The number of anilines is 1. The fraction of sp³-hybridized carbons (Fsp3) is 0.261. The molecule has 0 aliphatic heterocycles. The SMILES string of the molecule is CCc1cc(-c2ccc(C(=O)NC(C)c3cc(F)c(NS(C)(=O)=O)c(F)c3)o2)cc(C(F)(F)F)c1. The van der Waals surface area contributed by atoms with Gasteiger partial charge in [0, 0.05) is 5.56 Å². The summed E-state index contributed by atoms with van der Waals surface area (Å²) in [7, 11) is -3.92. The molecule has 1 unspecified atom stereocenters. The molecule has 0 aliphatic rings. The molecule has 0 aliphatic carbocycles. The zero-order valence-corrected chi connectivity index (χ0v) is 19.6. The van der Waals surface area contributed by atoms with E-state index in [4.69, 9.17) is 4.42 Å². The molecule has 1 aromatic heterocycles. The average Bonchev–Trinajstić information content (AvgIpc) is 3.25. The number of benzene rings is 2. The van der Waals surface area contributed by atoms with E-state index in [0.29, 0.717) is 12.0 Å². The highest BCUT2D eigenvalue weighted by Crippen LogP contribution is 2.34. The number of hydrogen-bond donors (Lipinski definition) is 2. The molecule has 35 heavy (non-hydrogen) atoms. The summed E-state index contributed by atoms with van der Waals surface area (Å²) in [6, 6.07) is 6.90. The van der Waals surface area contributed by atoms with Gasteiger partial charge in [0.05, 0.1) is 17.9 Å². The zero-order chi connectivity index (χ0) is 26.1. The van der Waals surface area contributed by atoms with E-state index in [1.54, 1.807) is 11.6 Å². The molecule has 2 N–H and O–H groups in total. The number of rotatable bonds is 7. The highest BCUT2D eigenvalue weighted by atomic mass is 32.2. The molecule has 0 fully saturated rings. The van der Waals surface area contributed by atoms with Gasteiger partial charge in [0.15, 0.2) is 17.4 Å². The average molecular weight is 516 g/mol. The first-order chi connectivity index (χ1) is 16.2. The number of halogens is 5. The molecule has 1 amide bonds. The van der Waals surface area contributed by atoms with Crippen molar-refractivity contribution >= 4 is 21.6 Å². The Bertz CT molecular complexity index is 1340. The van der Waals surface area contributed by atoms with Gasteiger partial charge in [-0.15, -0.1) is 0 Å². The van der Waals surface area contributed by atoms with Crippen LogP contribution in [0.3, 0.4) is 0 Å². The van der Waals surface area contributed by atoms with E-state index >= 15 is 0 Å². The largest absolute Gasteiger partial charge is 0.451 e. The van der Waals surface area contributed by atoms with Crippen molar-refractivity contribution in [2.24, 2.45) is 0 Å². The molecule has 0 saturated heterocycles. The second kappa shape index (κ2) is 9.68. The summed E-state index contributed by atoms with van der Waals surface area (Å²) >= 11 is 0. The summed E-state index contributed by atoms with van der Waals surface area (Å²) in [4.78, 5) is 12.6. The molecule has 0 bridgehead atoms. The van der Waals surface area contributed by atoms with Gasteiger partial charge in [-0.05, 0) is 66.9 Å². The van der Waals surface area contributed by atoms with E-state index in [1.165, 1.54) is 25.1 Å². The summed E-state index contributed by atoms with van der Waals surface area (Å²) in [5.74, 6) is -3.31. The van der Waals surface area contributed by atoms with Crippen molar-refractivity contribution in [3.05, 3.63) is 76.5 Å². The minimum Gasteiger partial charge on any atom is -0.451 e. The lowest BCUT2D eigenvalue weighted by Gasteiger charge is -2.15. The van der Waals surface area contributed by atoms with Crippen molar-refractivity contribution < 1.29 is 39.6 Å². The topological polar surface area (TPSA) is 88.4 Å². The number of furan rings is 1. The first-order valence-electron chi connectivity index (χ1n) is 10.3. The molecule has 6 nitrogen and oxygen atoms in total. The van der Waals surface area contributed by atoms with Crippen LogP contribution in [0.5, 0.6) is 0 Å². The Balaban J connectivity index is 1.81. The lowest BCUT2D eigenvalue weighted by atomic mass is 10.0.